The Morgan fingerprint density at radius 2 is 1.15 bits per heavy atom. The van der Waals surface area contributed by atoms with Crippen molar-refractivity contribution in [3.63, 3.8) is 0 Å². The van der Waals surface area contributed by atoms with Gasteiger partial charge in [-0.05, 0) is 38.8 Å². The van der Waals surface area contributed by atoms with E-state index < -0.39 is 0 Å². The number of nitrogens with one attached hydrogen (secondary N) is 1. The molecule has 0 radical (unpaired) electrons. The van der Waals surface area contributed by atoms with E-state index >= 15 is 0 Å². The van der Waals surface area contributed by atoms with Crippen LogP contribution in [0.25, 0.3) is 0 Å². The second-order valence-corrected chi connectivity index (χ2v) is 5.72. The second kappa shape index (κ2) is 21.3. The van der Waals surface area contributed by atoms with Crippen LogP contribution in [-0.2, 0) is 0 Å². The lowest BCUT2D eigenvalue weighted by Crippen LogP contribution is -2.16. The van der Waals surface area contributed by atoms with Gasteiger partial charge < -0.3 is 5.32 Å². The fourth-order valence-corrected chi connectivity index (χ4v) is 2.40. The first-order chi connectivity index (χ1) is 9.41. The zero-order valence-electron chi connectivity index (χ0n) is 13.8. The van der Waals surface area contributed by atoms with Gasteiger partial charge in [0.05, 0.1) is 0 Å². The molecule has 122 valence electrons. The zero-order valence-corrected chi connectivity index (χ0v) is 14.6. The lowest BCUT2D eigenvalue weighted by Gasteiger charge is -2.05. The molecule has 0 aromatic heterocycles. The molecule has 0 aliphatic rings. The van der Waals surface area contributed by atoms with E-state index in [4.69, 9.17) is 0 Å². The minimum absolute atomic E-state index is 0. The summed E-state index contributed by atoms with van der Waals surface area (Å²) < 4.78 is 0. The van der Waals surface area contributed by atoms with Crippen LogP contribution in [-0.4, -0.2) is 13.1 Å². The summed E-state index contributed by atoms with van der Waals surface area (Å²) in [5, 5.41) is 3.57. The third kappa shape index (κ3) is 20.3. The summed E-state index contributed by atoms with van der Waals surface area (Å²) >= 11 is 0. The maximum Gasteiger partial charge on any atom is -0.00489 e. The van der Waals surface area contributed by atoms with E-state index in [-0.39, 0.29) is 12.4 Å². The molecular weight excluding hydrogens is 266 g/mol. The minimum atomic E-state index is 0. The fraction of sp³-hybridized carbons (Fsp3) is 0.889. The molecule has 0 spiro atoms. The molecule has 1 nitrogen and oxygen atoms in total. The molecule has 1 N–H and O–H groups in total. The van der Waals surface area contributed by atoms with Crippen molar-refractivity contribution < 1.29 is 0 Å². The highest BCUT2D eigenvalue weighted by Gasteiger charge is 1.92. The Morgan fingerprint density at radius 1 is 0.700 bits per heavy atom. The minimum Gasteiger partial charge on any atom is -0.317 e. The second-order valence-electron chi connectivity index (χ2n) is 5.72. The van der Waals surface area contributed by atoms with Crippen molar-refractivity contribution in [2.45, 2.75) is 90.4 Å². The highest BCUT2D eigenvalue weighted by atomic mass is 35.5. The van der Waals surface area contributed by atoms with E-state index in [9.17, 15) is 0 Å². The summed E-state index contributed by atoms with van der Waals surface area (Å²) in [5.41, 5.74) is 0. The standard InChI is InChI=1S/C18H37N.ClH/c1-3-5-7-9-11-12-14-16-18-19-17-15-13-10-8-6-4-2;/h3,19H,1,4-18H2,2H3;1H. The lowest BCUT2D eigenvalue weighted by atomic mass is 10.1. The van der Waals surface area contributed by atoms with E-state index in [0.717, 1.165) is 0 Å². The first-order valence-electron chi connectivity index (χ1n) is 8.73. The molecule has 0 aromatic carbocycles. The van der Waals surface area contributed by atoms with Gasteiger partial charge >= 0.3 is 0 Å². The van der Waals surface area contributed by atoms with Gasteiger partial charge in [-0.15, -0.1) is 19.0 Å². The van der Waals surface area contributed by atoms with Gasteiger partial charge in [0.15, 0.2) is 0 Å². The van der Waals surface area contributed by atoms with Crippen LogP contribution in [0, 0.1) is 0 Å². The van der Waals surface area contributed by atoms with E-state index in [1.165, 1.54) is 96.6 Å². The molecular formula is C18H38ClN. The highest BCUT2D eigenvalue weighted by Crippen LogP contribution is 2.07. The Hall–Kier alpha value is -0.0100. The molecule has 0 saturated carbocycles. The summed E-state index contributed by atoms with van der Waals surface area (Å²) in [6.07, 6.45) is 19.9. The number of halogens is 1. The molecule has 0 atom stereocenters. The van der Waals surface area contributed by atoms with Crippen molar-refractivity contribution in [2.24, 2.45) is 0 Å². The molecule has 0 bridgehead atoms. The van der Waals surface area contributed by atoms with Crippen LogP contribution in [0.4, 0.5) is 0 Å². The third-order valence-corrected chi connectivity index (χ3v) is 3.72. The average Bonchev–Trinajstić information content (AvgIpc) is 2.43. The van der Waals surface area contributed by atoms with Gasteiger partial charge in [0.1, 0.15) is 0 Å². The smallest absolute Gasteiger partial charge is 0.00489 e. The van der Waals surface area contributed by atoms with E-state index in [1.807, 2.05) is 6.08 Å². The first-order valence-corrected chi connectivity index (χ1v) is 8.73. The van der Waals surface area contributed by atoms with Gasteiger partial charge in [-0.2, -0.15) is 0 Å². The SMILES string of the molecule is C=CCCCCCCCCNCCCCCCCC.Cl. The molecule has 0 unspecified atom stereocenters. The Balaban J connectivity index is 0. The molecule has 0 fully saturated rings. The van der Waals surface area contributed by atoms with E-state index in [2.05, 4.69) is 18.8 Å². The van der Waals surface area contributed by atoms with Gasteiger partial charge in [0.25, 0.3) is 0 Å². The molecule has 0 amide bonds. The summed E-state index contributed by atoms with van der Waals surface area (Å²) in [7, 11) is 0. The van der Waals surface area contributed by atoms with Crippen LogP contribution in [0.5, 0.6) is 0 Å². The number of unbranched alkanes of at least 4 members (excludes halogenated alkanes) is 11. The normalized spacial score (nSPS) is 10.2. The zero-order chi connectivity index (χ0) is 14.0. The van der Waals surface area contributed by atoms with Crippen molar-refractivity contribution in [1.82, 2.24) is 5.32 Å². The average molecular weight is 304 g/mol. The third-order valence-electron chi connectivity index (χ3n) is 3.72. The maximum absolute atomic E-state index is 3.76. The summed E-state index contributed by atoms with van der Waals surface area (Å²) in [6, 6.07) is 0. The first kappa shape index (κ1) is 22.3. The van der Waals surface area contributed by atoms with Crippen LogP contribution in [0.1, 0.15) is 90.4 Å². The Bertz CT molecular complexity index is 171. The van der Waals surface area contributed by atoms with Crippen LogP contribution in [0.2, 0.25) is 0 Å². The number of hydrogen-bond acceptors (Lipinski definition) is 1. The molecule has 20 heavy (non-hydrogen) atoms. The van der Waals surface area contributed by atoms with Crippen molar-refractivity contribution >= 4 is 12.4 Å². The van der Waals surface area contributed by atoms with Gasteiger partial charge in [0.2, 0.25) is 0 Å². The van der Waals surface area contributed by atoms with E-state index in [0.29, 0.717) is 0 Å². The quantitative estimate of drug-likeness (QED) is 0.261. The Morgan fingerprint density at radius 3 is 1.65 bits per heavy atom. The summed E-state index contributed by atoms with van der Waals surface area (Å²) in [5.74, 6) is 0. The predicted molar refractivity (Wildman–Crippen MR) is 96.0 cm³/mol. The van der Waals surface area contributed by atoms with Gasteiger partial charge in [-0.1, -0.05) is 70.8 Å². The monoisotopic (exact) mass is 303 g/mol. The Labute approximate surface area is 134 Å². The van der Waals surface area contributed by atoms with Gasteiger partial charge in [-0.3, -0.25) is 0 Å². The van der Waals surface area contributed by atoms with Gasteiger partial charge in [-0.25, -0.2) is 0 Å². The van der Waals surface area contributed by atoms with Crippen molar-refractivity contribution in [3.8, 4) is 0 Å². The number of hydrogen-bond donors (Lipinski definition) is 1. The van der Waals surface area contributed by atoms with Crippen LogP contribution in [0.15, 0.2) is 12.7 Å². The maximum atomic E-state index is 3.76. The molecule has 0 aliphatic heterocycles. The largest absolute Gasteiger partial charge is 0.317 e. The Kier molecular flexibility index (Phi) is 23.7. The van der Waals surface area contributed by atoms with Crippen molar-refractivity contribution in [3.05, 3.63) is 12.7 Å². The van der Waals surface area contributed by atoms with Crippen molar-refractivity contribution in [2.75, 3.05) is 13.1 Å². The van der Waals surface area contributed by atoms with Crippen LogP contribution < -0.4 is 5.32 Å². The lowest BCUT2D eigenvalue weighted by molar-refractivity contribution is 0.541. The topological polar surface area (TPSA) is 12.0 Å². The summed E-state index contributed by atoms with van der Waals surface area (Å²) in [6.45, 7) is 8.49. The molecule has 0 heterocycles. The molecule has 0 aliphatic carbocycles. The molecule has 2 heteroatoms. The van der Waals surface area contributed by atoms with Gasteiger partial charge in [0, 0.05) is 0 Å². The summed E-state index contributed by atoms with van der Waals surface area (Å²) in [4.78, 5) is 0. The number of rotatable bonds is 16. The highest BCUT2D eigenvalue weighted by molar-refractivity contribution is 5.85. The van der Waals surface area contributed by atoms with Crippen LogP contribution >= 0.6 is 12.4 Å². The van der Waals surface area contributed by atoms with E-state index in [1.54, 1.807) is 0 Å². The molecule has 0 aromatic rings. The van der Waals surface area contributed by atoms with Crippen LogP contribution in [0.3, 0.4) is 0 Å². The van der Waals surface area contributed by atoms with Crippen molar-refractivity contribution in [1.29, 1.82) is 0 Å². The molecule has 0 saturated heterocycles. The molecule has 0 rings (SSSR count). The number of allylic oxidation sites excluding steroid dienone is 1. The predicted octanol–water partition coefficient (Wildman–Crippen LogP) is 6.28. The fourth-order valence-electron chi connectivity index (χ4n) is 2.40.